The number of carbonyl (C=O) groups excluding carboxylic acids is 1. The minimum absolute atomic E-state index is 0.0802. The molecular weight excluding hydrogens is 550 g/mol. The fourth-order valence-corrected chi connectivity index (χ4v) is 6.13. The number of piperazine rings is 1. The predicted octanol–water partition coefficient (Wildman–Crippen LogP) is 4.91. The van der Waals surface area contributed by atoms with Gasteiger partial charge in [0.1, 0.15) is 10.6 Å². The predicted molar refractivity (Wildman–Crippen MR) is 164 cm³/mol. The van der Waals surface area contributed by atoms with Crippen molar-refractivity contribution in [3.8, 4) is 5.75 Å². The number of anilines is 1. The average Bonchev–Trinajstić information content (AvgIpc) is 3.01. The van der Waals surface area contributed by atoms with Gasteiger partial charge < -0.3 is 9.64 Å². The zero-order chi connectivity index (χ0) is 29.5. The minimum Gasteiger partial charge on any atom is -0.496 e. The van der Waals surface area contributed by atoms with Gasteiger partial charge in [0.2, 0.25) is 0 Å². The van der Waals surface area contributed by atoms with Gasteiger partial charge in [0.05, 0.1) is 12.8 Å². The first-order valence-electron chi connectivity index (χ1n) is 13.6. The van der Waals surface area contributed by atoms with Crippen LogP contribution >= 0.6 is 0 Å². The molecule has 216 valence electrons. The van der Waals surface area contributed by atoms with Crippen molar-refractivity contribution in [2.24, 2.45) is 4.99 Å². The quantitative estimate of drug-likeness (QED) is 0.281. The van der Waals surface area contributed by atoms with Crippen LogP contribution in [0.2, 0.25) is 0 Å². The summed E-state index contributed by atoms with van der Waals surface area (Å²) in [4.78, 5) is 26.0. The maximum absolute atomic E-state index is 13.4. The van der Waals surface area contributed by atoms with Crippen molar-refractivity contribution in [2.75, 3.05) is 38.0 Å². The van der Waals surface area contributed by atoms with Crippen LogP contribution in [0.25, 0.3) is 0 Å². The lowest BCUT2D eigenvalue weighted by Crippen LogP contribution is -2.48. The molecule has 1 amide bonds. The fraction of sp³-hybridized carbons (Fsp3) is 0.219. The van der Waals surface area contributed by atoms with E-state index in [0.717, 1.165) is 35.5 Å². The molecule has 4 aromatic rings. The first kappa shape index (κ1) is 29.0. The third kappa shape index (κ3) is 6.84. The second kappa shape index (κ2) is 13.0. The van der Waals surface area contributed by atoms with Crippen LogP contribution in [0.3, 0.4) is 0 Å². The van der Waals surface area contributed by atoms with Crippen molar-refractivity contribution >= 4 is 33.5 Å². The van der Waals surface area contributed by atoms with Gasteiger partial charge in [-0.05, 0) is 54.4 Å². The number of hydrogen-bond acceptors (Lipinski definition) is 7. The molecule has 1 saturated heterocycles. The normalized spacial score (nSPS) is 14.2. The standard InChI is InChI=1S/C32H33N5O4S/c1-24-7-6-10-30(31(24)34-21-25-8-4-3-5-9-25)42(39,40)35-28-13-11-26(12-14-28)32(38)37-19-17-36(18-20-37)23-27-22-33-16-15-29(27)41-2/h3-16,21-22,35H,17-20,23H2,1-2H3. The Morgan fingerprint density at radius 1 is 0.976 bits per heavy atom. The maximum Gasteiger partial charge on any atom is 0.264 e. The molecule has 0 unspecified atom stereocenters. The molecule has 0 bridgehead atoms. The molecule has 9 nitrogen and oxygen atoms in total. The van der Waals surface area contributed by atoms with Crippen LogP contribution in [0.1, 0.15) is 27.0 Å². The monoisotopic (exact) mass is 583 g/mol. The number of nitrogens with one attached hydrogen (secondary N) is 1. The molecular formula is C32H33N5O4S. The SMILES string of the molecule is COc1ccncc1CN1CCN(C(=O)c2ccc(NS(=O)(=O)c3cccc(C)c3N=Cc3ccccc3)cc2)CC1. The molecule has 1 N–H and O–H groups in total. The molecule has 3 aromatic carbocycles. The van der Waals surface area contributed by atoms with Gasteiger partial charge in [0, 0.05) is 68.1 Å². The maximum atomic E-state index is 13.4. The lowest BCUT2D eigenvalue weighted by atomic mass is 10.1. The third-order valence-electron chi connectivity index (χ3n) is 7.15. The highest BCUT2D eigenvalue weighted by Gasteiger charge is 2.24. The molecule has 10 heteroatoms. The highest BCUT2D eigenvalue weighted by Crippen LogP contribution is 2.30. The molecule has 2 heterocycles. The second-order valence-corrected chi connectivity index (χ2v) is 11.7. The van der Waals surface area contributed by atoms with E-state index in [0.29, 0.717) is 36.6 Å². The van der Waals surface area contributed by atoms with Gasteiger partial charge in [-0.15, -0.1) is 0 Å². The average molecular weight is 584 g/mol. The number of sulfonamides is 1. The Balaban J connectivity index is 1.22. The lowest BCUT2D eigenvalue weighted by molar-refractivity contribution is 0.0627. The van der Waals surface area contributed by atoms with Crippen molar-refractivity contribution in [2.45, 2.75) is 18.4 Å². The zero-order valence-electron chi connectivity index (χ0n) is 23.6. The van der Waals surface area contributed by atoms with Crippen molar-refractivity contribution in [1.82, 2.24) is 14.8 Å². The summed E-state index contributed by atoms with van der Waals surface area (Å²) in [6, 6.07) is 22.9. The van der Waals surface area contributed by atoms with Gasteiger partial charge in [0.15, 0.2) is 0 Å². The molecule has 0 radical (unpaired) electrons. The van der Waals surface area contributed by atoms with E-state index in [1.165, 1.54) is 6.07 Å². The molecule has 0 spiro atoms. The number of rotatable bonds is 9. The van der Waals surface area contributed by atoms with E-state index in [-0.39, 0.29) is 10.8 Å². The van der Waals surface area contributed by atoms with E-state index in [1.54, 1.807) is 49.9 Å². The van der Waals surface area contributed by atoms with E-state index < -0.39 is 10.0 Å². The summed E-state index contributed by atoms with van der Waals surface area (Å²) in [6.07, 6.45) is 5.16. The Bertz CT molecular complexity index is 1670. The molecule has 1 aliphatic rings. The van der Waals surface area contributed by atoms with Gasteiger partial charge in [-0.3, -0.25) is 24.4 Å². The minimum atomic E-state index is -3.94. The second-order valence-electron chi connectivity index (χ2n) is 10.0. The Labute approximate surface area is 246 Å². The van der Waals surface area contributed by atoms with Crippen molar-refractivity contribution in [1.29, 1.82) is 0 Å². The Morgan fingerprint density at radius 2 is 1.71 bits per heavy atom. The molecule has 0 atom stereocenters. The number of hydrogen-bond donors (Lipinski definition) is 1. The van der Waals surface area contributed by atoms with Crippen LogP contribution in [-0.4, -0.2) is 68.6 Å². The van der Waals surface area contributed by atoms with E-state index in [2.05, 4.69) is 19.6 Å². The number of aromatic nitrogens is 1. The Hall–Kier alpha value is -4.54. The van der Waals surface area contributed by atoms with Gasteiger partial charge in [-0.1, -0.05) is 42.5 Å². The van der Waals surface area contributed by atoms with Gasteiger partial charge >= 0.3 is 0 Å². The van der Waals surface area contributed by atoms with Gasteiger partial charge in [-0.2, -0.15) is 0 Å². The fourth-order valence-electron chi connectivity index (χ4n) is 4.85. The van der Waals surface area contributed by atoms with Crippen molar-refractivity contribution in [3.63, 3.8) is 0 Å². The number of aliphatic imine (C=N–C) groups is 1. The van der Waals surface area contributed by atoms with Gasteiger partial charge in [0.25, 0.3) is 15.9 Å². The third-order valence-corrected chi connectivity index (χ3v) is 8.56. The van der Waals surface area contributed by atoms with Crippen molar-refractivity contribution in [3.05, 3.63) is 114 Å². The summed E-state index contributed by atoms with van der Waals surface area (Å²) in [5.74, 6) is 0.719. The summed E-state index contributed by atoms with van der Waals surface area (Å²) in [7, 11) is -2.29. The smallest absolute Gasteiger partial charge is 0.264 e. The highest BCUT2D eigenvalue weighted by molar-refractivity contribution is 7.92. The van der Waals surface area contributed by atoms with Gasteiger partial charge in [-0.25, -0.2) is 8.42 Å². The zero-order valence-corrected chi connectivity index (χ0v) is 24.4. The van der Waals surface area contributed by atoms with Crippen LogP contribution in [-0.2, 0) is 16.6 Å². The van der Waals surface area contributed by atoms with Crippen LogP contribution in [0, 0.1) is 6.92 Å². The van der Waals surface area contributed by atoms with E-state index in [4.69, 9.17) is 4.74 Å². The molecule has 0 aliphatic carbocycles. The summed E-state index contributed by atoms with van der Waals surface area (Å²) in [6.45, 7) is 5.17. The van der Waals surface area contributed by atoms with Crippen LogP contribution in [0.5, 0.6) is 5.75 Å². The number of pyridine rings is 1. The summed E-state index contributed by atoms with van der Waals surface area (Å²) < 4.78 is 34.8. The van der Waals surface area contributed by atoms with Crippen LogP contribution in [0.15, 0.2) is 101 Å². The Kier molecular flexibility index (Phi) is 8.94. The van der Waals surface area contributed by atoms with Crippen molar-refractivity contribution < 1.29 is 17.9 Å². The number of amides is 1. The van der Waals surface area contributed by atoms with E-state index in [1.807, 2.05) is 60.5 Å². The molecule has 1 aromatic heterocycles. The van der Waals surface area contributed by atoms with E-state index >= 15 is 0 Å². The molecule has 0 saturated carbocycles. The first-order valence-corrected chi connectivity index (χ1v) is 15.1. The number of aryl methyl sites for hydroxylation is 1. The highest BCUT2D eigenvalue weighted by atomic mass is 32.2. The number of ether oxygens (including phenoxy) is 1. The first-order chi connectivity index (χ1) is 20.3. The van der Waals surface area contributed by atoms with E-state index in [9.17, 15) is 13.2 Å². The number of benzene rings is 3. The molecule has 1 fully saturated rings. The topological polar surface area (TPSA) is 104 Å². The number of para-hydroxylation sites is 1. The van der Waals surface area contributed by atoms with Crippen LogP contribution in [0.4, 0.5) is 11.4 Å². The summed E-state index contributed by atoms with van der Waals surface area (Å²) >= 11 is 0. The number of nitrogens with zero attached hydrogens (tertiary/aromatic N) is 4. The lowest BCUT2D eigenvalue weighted by Gasteiger charge is -2.35. The number of carbonyl (C=O) groups is 1. The largest absolute Gasteiger partial charge is 0.496 e. The molecule has 42 heavy (non-hydrogen) atoms. The summed E-state index contributed by atoms with van der Waals surface area (Å²) in [5.41, 5.74) is 3.86. The van der Waals surface area contributed by atoms with Crippen LogP contribution < -0.4 is 9.46 Å². The Morgan fingerprint density at radius 3 is 2.43 bits per heavy atom. The summed E-state index contributed by atoms with van der Waals surface area (Å²) in [5, 5.41) is 0. The number of methoxy groups -OCH3 is 1. The molecule has 5 rings (SSSR count). The molecule has 1 aliphatic heterocycles.